The van der Waals surface area contributed by atoms with Gasteiger partial charge in [-0.2, -0.15) is 13.2 Å². The molecular weight excluding hydrogens is 363 g/mol. The Kier molecular flexibility index (Phi) is 4.43. The molecule has 0 aliphatic heterocycles. The van der Waals surface area contributed by atoms with Gasteiger partial charge in [-0.15, -0.1) is 11.3 Å². The van der Waals surface area contributed by atoms with E-state index in [0.717, 1.165) is 21.5 Å². The van der Waals surface area contributed by atoms with Crippen molar-refractivity contribution in [3.63, 3.8) is 0 Å². The Bertz CT molecular complexity index is 563. The number of hydrogen-bond acceptors (Lipinski definition) is 2. The predicted octanol–water partition coefficient (Wildman–Crippen LogP) is 5.79. The van der Waals surface area contributed by atoms with Gasteiger partial charge in [0.2, 0.25) is 0 Å². The van der Waals surface area contributed by atoms with E-state index in [1.165, 1.54) is 17.4 Å². The van der Waals surface area contributed by atoms with Gasteiger partial charge in [0, 0.05) is 21.6 Å². The van der Waals surface area contributed by atoms with E-state index in [-0.39, 0.29) is 0 Å². The molecule has 102 valence electrons. The molecule has 1 aromatic carbocycles. The summed E-state index contributed by atoms with van der Waals surface area (Å²) in [6.45, 7) is 0.428. The number of nitrogens with one attached hydrogen (secondary N) is 1. The second kappa shape index (κ2) is 5.73. The molecule has 2 aromatic rings. The van der Waals surface area contributed by atoms with Gasteiger partial charge >= 0.3 is 6.18 Å². The summed E-state index contributed by atoms with van der Waals surface area (Å²) in [6, 6.07) is 6.95. The Labute approximate surface area is 125 Å². The van der Waals surface area contributed by atoms with Gasteiger partial charge in [-0.3, -0.25) is 0 Å². The minimum absolute atomic E-state index is 0.426. The maximum Gasteiger partial charge on any atom is 0.416 e. The number of anilines is 1. The molecule has 0 bridgehead atoms. The Morgan fingerprint density at radius 2 is 2.00 bits per heavy atom. The molecule has 0 spiro atoms. The lowest BCUT2D eigenvalue weighted by molar-refractivity contribution is -0.137. The Balaban J connectivity index is 2.07. The number of benzene rings is 1. The normalized spacial score (nSPS) is 11.6. The monoisotopic (exact) mass is 369 g/mol. The van der Waals surface area contributed by atoms with Crippen LogP contribution in [0.2, 0.25) is 4.34 Å². The molecule has 0 radical (unpaired) electrons. The van der Waals surface area contributed by atoms with E-state index in [9.17, 15) is 13.2 Å². The second-order valence-electron chi connectivity index (χ2n) is 3.77. The Morgan fingerprint density at radius 3 is 2.58 bits per heavy atom. The number of rotatable bonds is 3. The van der Waals surface area contributed by atoms with Crippen molar-refractivity contribution in [3.8, 4) is 0 Å². The van der Waals surface area contributed by atoms with Crippen LogP contribution in [0.5, 0.6) is 0 Å². The standard InChI is InChI=1S/C12H8BrClF3NS/c13-10-5-9(19-11(10)14)6-18-8-3-1-2-7(4-8)12(15,16)17/h1-5,18H,6H2. The lowest BCUT2D eigenvalue weighted by atomic mass is 10.2. The van der Waals surface area contributed by atoms with Crippen LogP contribution in [0.3, 0.4) is 0 Å². The number of halogens is 5. The smallest absolute Gasteiger partial charge is 0.380 e. The van der Waals surface area contributed by atoms with Gasteiger partial charge in [0.1, 0.15) is 4.34 Å². The van der Waals surface area contributed by atoms with Gasteiger partial charge < -0.3 is 5.32 Å². The summed E-state index contributed by atoms with van der Waals surface area (Å²) in [6.07, 6.45) is -4.33. The van der Waals surface area contributed by atoms with Crippen molar-refractivity contribution in [3.05, 3.63) is 49.6 Å². The third-order valence-electron chi connectivity index (χ3n) is 2.35. The van der Waals surface area contributed by atoms with Crippen molar-refractivity contribution < 1.29 is 13.2 Å². The van der Waals surface area contributed by atoms with E-state index in [2.05, 4.69) is 21.2 Å². The van der Waals surface area contributed by atoms with Crippen LogP contribution in [-0.4, -0.2) is 0 Å². The van der Waals surface area contributed by atoms with Crippen molar-refractivity contribution in [2.75, 3.05) is 5.32 Å². The SMILES string of the molecule is FC(F)(F)c1cccc(NCc2cc(Br)c(Cl)s2)c1. The third kappa shape index (κ3) is 3.87. The first-order valence-electron chi connectivity index (χ1n) is 5.21. The summed E-state index contributed by atoms with van der Waals surface area (Å²) in [7, 11) is 0. The highest BCUT2D eigenvalue weighted by Crippen LogP contribution is 2.33. The molecule has 0 saturated heterocycles. The first-order chi connectivity index (χ1) is 8.86. The lowest BCUT2D eigenvalue weighted by Gasteiger charge is -2.09. The minimum atomic E-state index is -4.33. The van der Waals surface area contributed by atoms with Crippen molar-refractivity contribution in [2.24, 2.45) is 0 Å². The van der Waals surface area contributed by atoms with Gasteiger partial charge in [-0.25, -0.2) is 0 Å². The Morgan fingerprint density at radius 1 is 1.26 bits per heavy atom. The molecule has 19 heavy (non-hydrogen) atoms. The van der Waals surface area contributed by atoms with Crippen LogP contribution in [0.4, 0.5) is 18.9 Å². The van der Waals surface area contributed by atoms with Crippen molar-refractivity contribution in [1.29, 1.82) is 0 Å². The van der Waals surface area contributed by atoms with Crippen molar-refractivity contribution in [2.45, 2.75) is 12.7 Å². The van der Waals surface area contributed by atoms with E-state index in [1.54, 1.807) is 6.07 Å². The van der Waals surface area contributed by atoms with Crippen LogP contribution in [-0.2, 0) is 12.7 Å². The average Bonchev–Trinajstić information content (AvgIpc) is 2.66. The zero-order chi connectivity index (χ0) is 14.0. The predicted molar refractivity (Wildman–Crippen MR) is 75.8 cm³/mol. The quantitative estimate of drug-likeness (QED) is 0.720. The van der Waals surface area contributed by atoms with Crippen molar-refractivity contribution in [1.82, 2.24) is 0 Å². The van der Waals surface area contributed by atoms with Gasteiger partial charge in [0.15, 0.2) is 0 Å². The van der Waals surface area contributed by atoms with Gasteiger partial charge in [0.25, 0.3) is 0 Å². The summed E-state index contributed by atoms with van der Waals surface area (Å²) in [5.74, 6) is 0. The first-order valence-corrected chi connectivity index (χ1v) is 7.20. The summed E-state index contributed by atoms with van der Waals surface area (Å²) in [4.78, 5) is 0.939. The topological polar surface area (TPSA) is 12.0 Å². The summed E-state index contributed by atoms with van der Waals surface area (Å²) in [5, 5.41) is 2.94. The van der Waals surface area contributed by atoms with Crippen LogP contribution >= 0.6 is 38.9 Å². The van der Waals surface area contributed by atoms with E-state index >= 15 is 0 Å². The van der Waals surface area contributed by atoms with Crippen LogP contribution in [0.1, 0.15) is 10.4 Å². The van der Waals surface area contributed by atoms with Crippen molar-refractivity contribution >= 4 is 44.6 Å². The number of thiophene rings is 1. The first kappa shape index (κ1) is 14.7. The van der Waals surface area contributed by atoms with Gasteiger partial charge in [0.05, 0.1) is 5.56 Å². The van der Waals surface area contributed by atoms with Gasteiger partial charge in [-0.05, 0) is 40.2 Å². The van der Waals surface area contributed by atoms with Crippen LogP contribution in [0.15, 0.2) is 34.8 Å². The maximum atomic E-state index is 12.5. The molecule has 1 nitrogen and oxygen atoms in total. The molecule has 0 fully saturated rings. The molecule has 0 amide bonds. The highest BCUT2D eigenvalue weighted by Gasteiger charge is 2.30. The largest absolute Gasteiger partial charge is 0.416 e. The lowest BCUT2D eigenvalue weighted by Crippen LogP contribution is -2.06. The highest BCUT2D eigenvalue weighted by atomic mass is 79.9. The maximum absolute atomic E-state index is 12.5. The summed E-state index contributed by atoms with van der Waals surface area (Å²) < 4.78 is 39.0. The molecular formula is C12H8BrClF3NS. The van der Waals surface area contributed by atoms with E-state index in [0.29, 0.717) is 16.6 Å². The van der Waals surface area contributed by atoms with Crippen LogP contribution in [0, 0.1) is 0 Å². The number of hydrogen-bond donors (Lipinski definition) is 1. The molecule has 0 atom stereocenters. The fraction of sp³-hybridized carbons (Fsp3) is 0.167. The zero-order valence-corrected chi connectivity index (χ0v) is 12.6. The van der Waals surface area contributed by atoms with Crippen LogP contribution in [0.25, 0.3) is 0 Å². The molecule has 1 heterocycles. The van der Waals surface area contributed by atoms with E-state index < -0.39 is 11.7 Å². The molecule has 7 heteroatoms. The second-order valence-corrected chi connectivity index (χ2v) is 6.36. The molecule has 1 aromatic heterocycles. The fourth-order valence-corrected chi connectivity index (χ4v) is 3.20. The minimum Gasteiger partial charge on any atom is -0.380 e. The van der Waals surface area contributed by atoms with E-state index in [1.807, 2.05) is 6.07 Å². The average molecular weight is 371 g/mol. The summed E-state index contributed by atoms with van der Waals surface area (Å²) in [5.41, 5.74) is -0.238. The fourth-order valence-electron chi connectivity index (χ4n) is 1.47. The zero-order valence-electron chi connectivity index (χ0n) is 9.39. The molecule has 0 unspecified atom stereocenters. The highest BCUT2D eigenvalue weighted by molar-refractivity contribution is 9.10. The molecule has 0 aliphatic rings. The molecule has 0 aliphatic carbocycles. The van der Waals surface area contributed by atoms with Gasteiger partial charge in [-0.1, -0.05) is 17.7 Å². The summed E-state index contributed by atoms with van der Waals surface area (Å²) >= 11 is 10.6. The molecule has 0 saturated carbocycles. The molecule has 1 N–H and O–H groups in total. The third-order valence-corrected chi connectivity index (χ3v) is 4.83. The van der Waals surface area contributed by atoms with Crippen LogP contribution < -0.4 is 5.32 Å². The Hall–Kier alpha value is -0.720. The molecule has 2 rings (SSSR count). The number of alkyl halides is 3. The van der Waals surface area contributed by atoms with E-state index in [4.69, 9.17) is 11.6 Å².